The zero-order valence-corrected chi connectivity index (χ0v) is 23.7. The lowest BCUT2D eigenvalue weighted by atomic mass is 10.1. The van der Waals surface area contributed by atoms with E-state index in [1.165, 1.54) is 24.5 Å². The Morgan fingerprint density at radius 2 is 1.48 bits per heavy atom. The van der Waals surface area contributed by atoms with Crippen LogP contribution in [0.25, 0.3) is 11.3 Å². The van der Waals surface area contributed by atoms with Crippen LogP contribution in [0.3, 0.4) is 0 Å². The number of pyridine rings is 1. The van der Waals surface area contributed by atoms with Crippen LogP contribution in [0.15, 0.2) is 79.1 Å². The standard InChI is InChI=1S/C19H16N8O3.C7H5N.C4H10N2/c20-9-12-1-3-13(4-2-12)17-15(18(21)28)11-25-19(26-17)23-8-7-22-16-6-5-14(10-24-16)27(29)30;8-6-7-4-2-1-3-5-7;1-2-6-4-3-5-1/h1-6,10-11H,7-8H2,(H2,21,28)(H,22,24)(H,23,25,26);1-5H;5-6H,1-4H2. The first kappa shape index (κ1) is 32.6. The predicted octanol–water partition coefficient (Wildman–Crippen LogP) is 2.68. The third-order valence-corrected chi connectivity index (χ3v) is 5.87. The highest BCUT2D eigenvalue weighted by molar-refractivity contribution is 5.98. The zero-order chi connectivity index (χ0) is 31.6. The summed E-state index contributed by atoms with van der Waals surface area (Å²) in [5.41, 5.74) is 7.68. The number of primary amides is 1. The molecule has 3 heterocycles. The fourth-order valence-corrected chi connectivity index (χ4v) is 3.65. The van der Waals surface area contributed by atoms with Crippen LogP contribution < -0.4 is 27.0 Å². The van der Waals surface area contributed by atoms with Gasteiger partial charge in [0.05, 0.1) is 39.4 Å². The lowest BCUT2D eigenvalue weighted by molar-refractivity contribution is -0.385. The SMILES string of the molecule is C1CNCCN1.N#Cc1ccc(-c2nc(NCCNc3ccc([N+](=O)[O-])cn3)ncc2C(N)=O)cc1.N#Cc1ccccc1. The minimum Gasteiger partial charge on any atom is -0.368 e. The quantitative estimate of drug-likeness (QED) is 0.113. The number of carbonyl (C=O) groups is 1. The van der Waals surface area contributed by atoms with Crippen molar-refractivity contribution in [2.24, 2.45) is 5.73 Å². The molecule has 44 heavy (non-hydrogen) atoms. The van der Waals surface area contributed by atoms with Crippen molar-refractivity contribution in [3.8, 4) is 23.4 Å². The van der Waals surface area contributed by atoms with E-state index in [0.717, 1.165) is 26.2 Å². The number of aromatic nitrogens is 3. The first-order chi connectivity index (χ1) is 21.4. The van der Waals surface area contributed by atoms with E-state index in [2.05, 4.69) is 36.2 Å². The normalized spacial score (nSPS) is 11.6. The topological polar surface area (TPSA) is 221 Å². The number of hydrogen-bond donors (Lipinski definition) is 5. The van der Waals surface area contributed by atoms with Gasteiger partial charge in [-0.1, -0.05) is 30.3 Å². The van der Waals surface area contributed by atoms with Gasteiger partial charge in [-0.2, -0.15) is 10.5 Å². The molecule has 5 rings (SSSR count). The minimum atomic E-state index is -0.660. The Morgan fingerprint density at radius 1 is 0.864 bits per heavy atom. The maximum absolute atomic E-state index is 11.7. The molecule has 1 fully saturated rings. The molecule has 2 aromatic carbocycles. The van der Waals surface area contributed by atoms with E-state index in [1.54, 1.807) is 36.4 Å². The molecule has 14 heteroatoms. The Hall–Kier alpha value is -5.96. The zero-order valence-electron chi connectivity index (χ0n) is 23.7. The average Bonchev–Trinajstić information content (AvgIpc) is 3.08. The molecular weight excluding hydrogens is 562 g/mol. The number of benzene rings is 2. The average molecular weight is 594 g/mol. The highest BCUT2D eigenvalue weighted by atomic mass is 16.6. The van der Waals surface area contributed by atoms with Gasteiger partial charge in [-0.3, -0.25) is 14.9 Å². The molecule has 0 bridgehead atoms. The van der Waals surface area contributed by atoms with Crippen molar-refractivity contribution in [3.63, 3.8) is 0 Å². The fraction of sp³-hybridized carbons (Fsp3) is 0.200. The van der Waals surface area contributed by atoms with Crippen LogP contribution >= 0.6 is 0 Å². The number of rotatable bonds is 8. The van der Waals surface area contributed by atoms with Crippen molar-refractivity contribution in [3.05, 3.63) is 106 Å². The molecule has 1 amide bonds. The molecule has 0 spiro atoms. The van der Waals surface area contributed by atoms with Gasteiger partial charge in [0.15, 0.2) is 0 Å². The van der Waals surface area contributed by atoms with Crippen molar-refractivity contribution in [1.82, 2.24) is 25.6 Å². The smallest absolute Gasteiger partial charge is 0.287 e. The highest BCUT2D eigenvalue weighted by Gasteiger charge is 2.14. The molecule has 14 nitrogen and oxygen atoms in total. The second-order valence-electron chi connectivity index (χ2n) is 9.00. The molecule has 0 saturated carbocycles. The summed E-state index contributed by atoms with van der Waals surface area (Å²) < 4.78 is 0. The monoisotopic (exact) mass is 593 g/mol. The number of hydrogen-bond acceptors (Lipinski definition) is 12. The van der Waals surface area contributed by atoms with Crippen molar-refractivity contribution < 1.29 is 9.72 Å². The summed E-state index contributed by atoms with van der Waals surface area (Å²) in [6.07, 6.45) is 2.52. The lowest BCUT2D eigenvalue weighted by Crippen LogP contribution is -2.39. The second-order valence-corrected chi connectivity index (χ2v) is 9.00. The molecule has 0 aliphatic carbocycles. The second kappa shape index (κ2) is 17.8. The van der Waals surface area contributed by atoms with Crippen LogP contribution in [0.5, 0.6) is 0 Å². The number of nitrogens with zero attached hydrogens (tertiary/aromatic N) is 6. The number of carbonyl (C=O) groups excluding carboxylic acids is 1. The van der Waals surface area contributed by atoms with Gasteiger partial charge in [0.25, 0.3) is 11.6 Å². The van der Waals surface area contributed by atoms with E-state index < -0.39 is 10.8 Å². The predicted molar refractivity (Wildman–Crippen MR) is 165 cm³/mol. The van der Waals surface area contributed by atoms with Crippen LogP contribution in [0, 0.1) is 32.8 Å². The molecule has 224 valence electrons. The minimum absolute atomic E-state index is 0.0862. The number of nitriles is 2. The summed E-state index contributed by atoms with van der Waals surface area (Å²) in [6, 6.07) is 22.7. The van der Waals surface area contributed by atoms with Crippen LogP contribution in [0.1, 0.15) is 21.5 Å². The first-order valence-electron chi connectivity index (χ1n) is 13.5. The van der Waals surface area contributed by atoms with Gasteiger partial charge >= 0.3 is 0 Å². The Balaban J connectivity index is 0.000000307. The number of piperazine rings is 1. The molecule has 6 N–H and O–H groups in total. The van der Waals surface area contributed by atoms with Gasteiger partial charge in [0, 0.05) is 57.1 Å². The number of amides is 1. The molecule has 4 aromatic rings. The van der Waals surface area contributed by atoms with Crippen LogP contribution in [-0.4, -0.2) is 65.1 Å². The van der Waals surface area contributed by atoms with Gasteiger partial charge in [-0.15, -0.1) is 0 Å². The van der Waals surface area contributed by atoms with Gasteiger partial charge in [0.2, 0.25) is 5.95 Å². The highest BCUT2D eigenvalue weighted by Crippen LogP contribution is 2.22. The summed E-state index contributed by atoms with van der Waals surface area (Å²) in [6.45, 7) is 5.42. The summed E-state index contributed by atoms with van der Waals surface area (Å²) in [5.74, 6) is 0.121. The summed E-state index contributed by atoms with van der Waals surface area (Å²) in [4.78, 5) is 34.3. The van der Waals surface area contributed by atoms with Gasteiger partial charge in [-0.25, -0.2) is 15.0 Å². The van der Waals surface area contributed by atoms with Gasteiger partial charge < -0.3 is 27.0 Å². The number of anilines is 2. The van der Waals surface area contributed by atoms with Crippen LogP contribution in [0.2, 0.25) is 0 Å². The van der Waals surface area contributed by atoms with Crippen molar-refractivity contribution in [2.45, 2.75) is 0 Å². The number of nitrogens with two attached hydrogens (primary N) is 1. The van der Waals surface area contributed by atoms with Gasteiger partial charge in [0.1, 0.15) is 12.0 Å². The van der Waals surface area contributed by atoms with E-state index in [-0.39, 0.29) is 17.2 Å². The van der Waals surface area contributed by atoms with Gasteiger partial charge in [-0.05, 0) is 30.3 Å². The van der Waals surface area contributed by atoms with Crippen LogP contribution in [0.4, 0.5) is 17.5 Å². The van der Waals surface area contributed by atoms with E-state index in [1.807, 2.05) is 30.3 Å². The molecule has 2 aromatic heterocycles. The Morgan fingerprint density at radius 3 is 1.98 bits per heavy atom. The number of nitrogens with one attached hydrogen (secondary N) is 4. The molecule has 1 saturated heterocycles. The van der Waals surface area contributed by atoms with E-state index in [0.29, 0.717) is 41.3 Å². The maximum Gasteiger partial charge on any atom is 0.287 e. The Bertz CT molecular complexity index is 1570. The molecule has 1 aliphatic heterocycles. The first-order valence-corrected chi connectivity index (χ1v) is 13.5. The Kier molecular flexibility index (Phi) is 13.1. The van der Waals surface area contributed by atoms with Crippen molar-refractivity contribution in [1.29, 1.82) is 10.5 Å². The van der Waals surface area contributed by atoms with Crippen molar-refractivity contribution in [2.75, 3.05) is 49.9 Å². The lowest BCUT2D eigenvalue weighted by Gasteiger charge is -2.11. The molecule has 0 unspecified atom stereocenters. The number of nitro groups is 1. The summed E-state index contributed by atoms with van der Waals surface area (Å²) >= 11 is 0. The van der Waals surface area contributed by atoms with E-state index in [4.69, 9.17) is 16.3 Å². The molecular formula is C30H31N11O3. The summed E-state index contributed by atoms with van der Waals surface area (Å²) in [5, 5.41) is 40.3. The third kappa shape index (κ3) is 10.8. The van der Waals surface area contributed by atoms with Crippen LogP contribution in [-0.2, 0) is 0 Å². The Labute approximate surface area is 254 Å². The molecule has 1 aliphatic rings. The van der Waals surface area contributed by atoms with E-state index in [9.17, 15) is 14.9 Å². The molecule has 0 atom stereocenters. The van der Waals surface area contributed by atoms with Crippen molar-refractivity contribution >= 4 is 23.4 Å². The molecule has 0 radical (unpaired) electrons. The largest absolute Gasteiger partial charge is 0.368 e. The van der Waals surface area contributed by atoms with E-state index >= 15 is 0 Å². The summed E-state index contributed by atoms with van der Waals surface area (Å²) in [7, 11) is 0. The maximum atomic E-state index is 11.7. The fourth-order valence-electron chi connectivity index (χ4n) is 3.65. The third-order valence-electron chi connectivity index (χ3n) is 5.87.